The van der Waals surface area contributed by atoms with E-state index in [2.05, 4.69) is 0 Å². The Morgan fingerprint density at radius 2 is 2.07 bits per heavy atom. The molecule has 0 unspecified atom stereocenters. The van der Waals surface area contributed by atoms with Crippen molar-refractivity contribution in [1.29, 1.82) is 0 Å². The summed E-state index contributed by atoms with van der Waals surface area (Å²) in [6, 6.07) is 1.91. The van der Waals surface area contributed by atoms with E-state index in [9.17, 15) is 9.50 Å². The van der Waals surface area contributed by atoms with Crippen LogP contribution >= 0.6 is 11.6 Å². The van der Waals surface area contributed by atoms with Gasteiger partial charge in [0.2, 0.25) is 0 Å². The molecule has 1 rings (SSSR count). The Kier molecular flexibility index (Phi) is 3.94. The number of phenolic OH excluding ortho intramolecular Hbond substituents is 1. The van der Waals surface area contributed by atoms with Crippen molar-refractivity contribution < 1.29 is 9.50 Å². The molecule has 0 saturated carbocycles. The van der Waals surface area contributed by atoms with Gasteiger partial charge < -0.3 is 10.8 Å². The van der Waals surface area contributed by atoms with Crippen molar-refractivity contribution in [1.82, 2.24) is 0 Å². The summed E-state index contributed by atoms with van der Waals surface area (Å²) in [6.07, 6.45) is 0.674. The van der Waals surface area contributed by atoms with Gasteiger partial charge >= 0.3 is 0 Å². The summed E-state index contributed by atoms with van der Waals surface area (Å²) in [5.41, 5.74) is 6.22. The van der Waals surface area contributed by atoms with Gasteiger partial charge in [-0.25, -0.2) is 4.39 Å². The zero-order valence-electron chi connectivity index (χ0n) is 8.80. The third kappa shape index (κ3) is 3.08. The second-order valence-electron chi connectivity index (χ2n) is 4.06. The Hall–Kier alpha value is -0.800. The molecule has 84 valence electrons. The van der Waals surface area contributed by atoms with Gasteiger partial charge in [-0.15, -0.1) is 0 Å². The molecule has 0 bridgehead atoms. The van der Waals surface area contributed by atoms with E-state index in [4.69, 9.17) is 17.3 Å². The SMILES string of the molecule is CC(C)C[C@@H](N)c1cc(F)cc(Cl)c1O. The standard InChI is InChI=1S/C11H15ClFNO/c1-6(2)3-10(14)8-4-7(13)5-9(12)11(8)15/h4-6,10,15H,3,14H2,1-2H3/t10-/m1/s1. The molecule has 1 atom stereocenters. The number of aromatic hydroxyl groups is 1. The van der Waals surface area contributed by atoms with Gasteiger partial charge in [-0.3, -0.25) is 0 Å². The number of benzene rings is 1. The van der Waals surface area contributed by atoms with Gasteiger partial charge in [-0.2, -0.15) is 0 Å². The summed E-state index contributed by atoms with van der Waals surface area (Å²) in [5.74, 6) is -0.223. The van der Waals surface area contributed by atoms with Crippen molar-refractivity contribution in [3.8, 4) is 5.75 Å². The molecule has 1 aromatic carbocycles. The van der Waals surface area contributed by atoms with Gasteiger partial charge in [0.05, 0.1) is 5.02 Å². The number of nitrogens with two attached hydrogens (primary N) is 1. The minimum absolute atomic E-state index is 0.00389. The number of rotatable bonds is 3. The van der Waals surface area contributed by atoms with Gasteiger partial charge in [0.1, 0.15) is 11.6 Å². The maximum Gasteiger partial charge on any atom is 0.139 e. The van der Waals surface area contributed by atoms with Crippen LogP contribution in [0.1, 0.15) is 31.9 Å². The molecule has 0 aromatic heterocycles. The van der Waals surface area contributed by atoms with E-state index in [-0.39, 0.29) is 10.8 Å². The largest absolute Gasteiger partial charge is 0.506 e. The highest BCUT2D eigenvalue weighted by molar-refractivity contribution is 6.32. The summed E-state index contributed by atoms with van der Waals surface area (Å²) in [5, 5.41) is 9.63. The lowest BCUT2D eigenvalue weighted by atomic mass is 9.97. The molecule has 2 nitrogen and oxygen atoms in total. The number of halogens is 2. The minimum Gasteiger partial charge on any atom is -0.506 e. The molecule has 0 radical (unpaired) electrons. The fraction of sp³-hybridized carbons (Fsp3) is 0.455. The lowest BCUT2D eigenvalue weighted by Crippen LogP contribution is -2.13. The summed E-state index contributed by atoms with van der Waals surface area (Å²) in [7, 11) is 0. The summed E-state index contributed by atoms with van der Waals surface area (Å²) in [4.78, 5) is 0. The quantitative estimate of drug-likeness (QED) is 0.839. The predicted molar refractivity (Wildman–Crippen MR) is 59.5 cm³/mol. The van der Waals surface area contributed by atoms with Crippen LogP contribution in [-0.2, 0) is 0 Å². The van der Waals surface area contributed by atoms with E-state index >= 15 is 0 Å². The molecule has 0 fully saturated rings. The second kappa shape index (κ2) is 4.81. The highest BCUT2D eigenvalue weighted by atomic mass is 35.5. The Morgan fingerprint density at radius 3 is 2.60 bits per heavy atom. The number of phenols is 1. The number of hydrogen-bond donors (Lipinski definition) is 2. The maximum absolute atomic E-state index is 13.1. The van der Waals surface area contributed by atoms with Gasteiger partial charge in [0.15, 0.2) is 0 Å². The molecule has 0 aliphatic rings. The smallest absolute Gasteiger partial charge is 0.139 e. The molecule has 0 spiro atoms. The molecule has 15 heavy (non-hydrogen) atoms. The van der Waals surface area contributed by atoms with Crippen LogP contribution in [0.5, 0.6) is 5.75 Å². The molecular formula is C11H15ClFNO. The highest BCUT2D eigenvalue weighted by Gasteiger charge is 2.16. The second-order valence-corrected chi connectivity index (χ2v) is 4.47. The van der Waals surface area contributed by atoms with E-state index in [0.717, 1.165) is 6.07 Å². The predicted octanol–water partition coefficient (Wildman–Crippen LogP) is 3.23. The van der Waals surface area contributed by atoms with Crippen molar-refractivity contribution in [3.05, 3.63) is 28.5 Å². The molecule has 0 aliphatic carbocycles. The fourth-order valence-electron chi connectivity index (χ4n) is 1.50. The maximum atomic E-state index is 13.1. The zero-order valence-corrected chi connectivity index (χ0v) is 9.55. The van der Waals surface area contributed by atoms with Gasteiger partial charge in [-0.1, -0.05) is 25.4 Å². The van der Waals surface area contributed by atoms with Crippen molar-refractivity contribution in [2.24, 2.45) is 11.7 Å². The Bertz CT molecular complexity index is 355. The topological polar surface area (TPSA) is 46.2 Å². The third-order valence-electron chi connectivity index (χ3n) is 2.18. The van der Waals surface area contributed by atoms with Crippen LogP contribution in [0.25, 0.3) is 0 Å². The first kappa shape index (κ1) is 12.3. The molecule has 0 saturated heterocycles. The van der Waals surface area contributed by atoms with Crippen molar-refractivity contribution in [3.63, 3.8) is 0 Å². The van der Waals surface area contributed by atoms with Gasteiger partial charge in [0.25, 0.3) is 0 Å². The van der Waals surface area contributed by atoms with Crippen molar-refractivity contribution in [2.45, 2.75) is 26.3 Å². The molecular weight excluding hydrogens is 217 g/mol. The molecule has 0 heterocycles. The average Bonchev–Trinajstić information content (AvgIpc) is 2.09. The van der Waals surface area contributed by atoms with Crippen molar-refractivity contribution in [2.75, 3.05) is 0 Å². The van der Waals surface area contributed by atoms with E-state index < -0.39 is 11.9 Å². The van der Waals surface area contributed by atoms with E-state index in [1.807, 2.05) is 13.8 Å². The van der Waals surface area contributed by atoms with Crippen LogP contribution in [-0.4, -0.2) is 5.11 Å². The monoisotopic (exact) mass is 231 g/mol. The van der Waals surface area contributed by atoms with Crippen LogP contribution in [0.2, 0.25) is 5.02 Å². The van der Waals surface area contributed by atoms with E-state index in [0.29, 0.717) is 17.9 Å². The highest BCUT2D eigenvalue weighted by Crippen LogP contribution is 2.33. The van der Waals surface area contributed by atoms with Crippen LogP contribution in [0.3, 0.4) is 0 Å². The molecule has 0 amide bonds. The molecule has 3 N–H and O–H groups in total. The first-order valence-electron chi connectivity index (χ1n) is 4.85. The van der Waals surface area contributed by atoms with Crippen LogP contribution in [0, 0.1) is 11.7 Å². The van der Waals surface area contributed by atoms with Crippen LogP contribution < -0.4 is 5.73 Å². The zero-order chi connectivity index (χ0) is 11.6. The third-order valence-corrected chi connectivity index (χ3v) is 2.47. The molecule has 0 aliphatic heterocycles. The molecule has 4 heteroatoms. The van der Waals surface area contributed by atoms with Crippen molar-refractivity contribution >= 4 is 11.6 Å². The van der Waals surface area contributed by atoms with Crippen LogP contribution in [0.4, 0.5) is 4.39 Å². The lowest BCUT2D eigenvalue weighted by Gasteiger charge is -2.16. The first-order valence-corrected chi connectivity index (χ1v) is 5.23. The van der Waals surface area contributed by atoms with Gasteiger partial charge in [0, 0.05) is 11.6 Å². The van der Waals surface area contributed by atoms with Crippen LogP contribution in [0.15, 0.2) is 12.1 Å². The number of hydrogen-bond acceptors (Lipinski definition) is 2. The Labute approximate surface area is 93.9 Å². The van der Waals surface area contributed by atoms with E-state index in [1.54, 1.807) is 0 Å². The Morgan fingerprint density at radius 1 is 1.47 bits per heavy atom. The summed E-state index contributed by atoms with van der Waals surface area (Å²) in [6.45, 7) is 4.02. The van der Waals surface area contributed by atoms with E-state index in [1.165, 1.54) is 6.07 Å². The Balaban J connectivity index is 3.02. The normalized spacial score (nSPS) is 13.2. The lowest BCUT2D eigenvalue weighted by molar-refractivity contribution is 0.442. The fourth-order valence-corrected chi connectivity index (χ4v) is 1.72. The first-order chi connectivity index (χ1) is 6.91. The summed E-state index contributed by atoms with van der Waals surface area (Å²) >= 11 is 5.65. The summed E-state index contributed by atoms with van der Waals surface area (Å²) < 4.78 is 13.1. The van der Waals surface area contributed by atoms with Gasteiger partial charge in [-0.05, 0) is 24.5 Å². The minimum atomic E-state index is -0.480. The average molecular weight is 232 g/mol. The molecule has 1 aromatic rings.